The largest absolute Gasteiger partial charge is 0.480 e. The second kappa shape index (κ2) is 6.91. The van der Waals surface area contributed by atoms with Crippen molar-refractivity contribution in [2.75, 3.05) is 13.1 Å². The van der Waals surface area contributed by atoms with E-state index in [9.17, 15) is 4.79 Å². The SMILES string of the molecule is CCNC(CCN=C=S)C(=O)O. The van der Waals surface area contributed by atoms with Gasteiger partial charge in [-0.1, -0.05) is 6.92 Å². The van der Waals surface area contributed by atoms with E-state index in [1.54, 1.807) is 0 Å². The molecule has 5 heteroatoms. The molecule has 0 saturated heterocycles. The van der Waals surface area contributed by atoms with Gasteiger partial charge in [0.15, 0.2) is 0 Å². The summed E-state index contributed by atoms with van der Waals surface area (Å²) in [6.45, 7) is 2.91. The minimum Gasteiger partial charge on any atom is -0.480 e. The van der Waals surface area contributed by atoms with Gasteiger partial charge in [0.05, 0.1) is 11.7 Å². The average Bonchev–Trinajstić information content (AvgIpc) is 2.03. The lowest BCUT2D eigenvalue weighted by molar-refractivity contribution is -0.139. The Morgan fingerprint density at radius 1 is 1.83 bits per heavy atom. The van der Waals surface area contributed by atoms with Crippen LogP contribution in [0.1, 0.15) is 13.3 Å². The van der Waals surface area contributed by atoms with Crippen LogP contribution in [0.5, 0.6) is 0 Å². The molecule has 12 heavy (non-hydrogen) atoms. The van der Waals surface area contributed by atoms with E-state index >= 15 is 0 Å². The van der Waals surface area contributed by atoms with E-state index in [-0.39, 0.29) is 0 Å². The standard InChI is InChI=1S/C7H12N2O2S/c1-2-9-6(7(10)11)3-4-8-5-12/h6,9H,2-4H2,1H3,(H,10,11). The molecule has 0 spiro atoms. The Bertz CT molecular complexity index is 190. The fourth-order valence-electron chi connectivity index (χ4n) is 0.799. The van der Waals surface area contributed by atoms with Crippen LogP contribution < -0.4 is 5.32 Å². The third-order valence-corrected chi connectivity index (χ3v) is 1.47. The lowest BCUT2D eigenvalue weighted by Gasteiger charge is -2.10. The summed E-state index contributed by atoms with van der Waals surface area (Å²) in [5.74, 6) is -0.851. The summed E-state index contributed by atoms with van der Waals surface area (Å²) < 4.78 is 0. The zero-order chi connectivity index (χ0) is 9.40. The molecule has 4 nitrogen and oxygen atoms in total. The van der Waals surface area contributed by atoms with Crippen LogP contribution in [-0.2, 0) is 4.79 Å². The number of rotatable bonds is 6. The summed E-state index contributed by atoms with van der Waals surface area (Å²) in [4.78, 5) is 14.2. The van der Waals surface area contributed by atoms with Crippen LogP contribution in [0.3, 0.4) is 0 Å². The van der Waals surface area contributed by atoms with Crippen LogP contribution in [0.25, 0.3) is 0 Å². The number of aliphatic carboxylic acids is 1. The van der Waals surface area contributed by atoms with Gasteiger partial charge in [-0.15, -0.1) is 0 Å². The van der Waals surface area contributed by atoms with Crippen LogP contribution in [0.15, 0.2) is 4.99 Å². The Hall–Kier alpha value is -0.770. The molecule has 0 aliphatic carbocycles. The Balaban J connectivity index is 3.78. The monoisotopic (exact) mass is 188 g/mol. The van der Waals surface area contributed by atoms with Gasteiger partial charge in [0.2, 0.25) is 0 Å². The number of carboxylic acids is 1. The van der Waals surface area contributed by atoms with Crippen molar-refractivity contribution in [1.82, 2.24) is 5.32 Å². The highest BCUT2D eigenvalue weighted by molar-refractivity contribution is 7.78. The third kappa shape index (κ3) is 4.96. The highest BCUT2D eigenvalue weighted by Crippen LogP contribution is 1.92. The molecule has 1 atom stereocenters. The second-order valence-electron chi connectivity index (χ2n) is 2.21. The zero-order valence-corrected chi connectivity index (χ0v) is 7.73. The van der Waals surface area contributed by atoms with Gasteiger partial charge in [0.1, 0.15) is 6.04 Å². The van der Waals surface area contributed by atoms with Crippen molar-refractivity contribution in [3.8, 4) is 0 Å². The summed E-state index contributed by atoms with van der Waals surface area (Å²) in [7, 11) is 0. The average molecular weight is 188 g/mol. The van der Waals surface area contributed by atoms with Gasteiger partial charge in [-0.2, -0.15) is 0 Å². The van der Waals surface area contributed by atoms with E-state index in [0.29, 0.717) is 19.5 Å². The van der Waals surface area contributed by atoms with Gasteiger partial charge in [-0.3, -0.25) is 4.79 Å². The summed E-state index contributed by atoms with van der Waals surface area (Å²) in [5.41, 5.74) is 0. The highest BCUT2D eigenvalue weighted by Gasteiger charge is 2.14. The molecule has 0 saturated carbocycles. The first-order valence-corrected chi connectivity index (χ1v) is 4.13. The second-order valence-corrected chi connectivity index (χ2v) is 2.39. The number of hydrogen-bond acceptors (Lipinski definition) is 4. The van der Waals surface area contributed by atoms with E-state index in [1.807, 2.05) is 6.92 Å². The van der Waals surface area contributed by atoms with Crippen LogP contribution in [0.4, 0.5) is 0 Å². The van der Waals surface area contributed by atoms with Crippen LogP contribution in [-0.4, -0.2) is 35.4 Å². The number of nitrogens with zero attached hydrogens (tertiary/aromatic N) is 1. The summed E-state index contributed by atoms with van der Waals surface area (Å²) >= 11 is 4.35. The molecule has 0 aliphatic heterocycles. The molecule has 0 aliphatic rings. The van der Waals surface area contributed by atoms with Crippen molar-refractivity contribution < 1.29 is 9.90 Å². The molecule has 68 valence electrons. The number of carboxylic acid groups (broad SMARTS) is 1. The summed E-state index contributed by atoms with van der Waals surface area (Å²) in [6.07, 6.45) is 0.451. The van der Waals surface area contributed by atoms with E-state index in [4.69, 9.17) is 5.11 Å². The topological polar surface area (TPSA) is 61.7 Å². The fourth-order valence-corrected chi connectivity index (χ4v) is 0.890. The van der Waals surface area contributed by atoms with Gasteiger partial charge in [-0.05, 0) is 25.2 Å². The first kappa shape index (κ1) is 11.2. The van der Waals surface area contributed by atoms with E-state index < -0.39 is 12.0 Å². The Morgan fingerprint density at radius 3 is 2.92 bits per heavy atom. The van der Waals surface area contributed by atoms with Crippen molar-refractivity contribution in [3.63, 3.8) is 0 Å². The predicted octanol–water partition coefficient (Wildman–Crippen LogP) is 0.542. The third-order valence-electron chi connectivity index (χ3n) is 1.34. The molecule has 1 unspecified atom stereocenters. The van der Waals surface area contributed by atoms with Crippen molar-refractivity contribution in [3.05, 3.63) is 0 Å². The van der Waals surface area contributed by atoms with Gasteiger partial charge in [0.25, 0.3) is 0 Å². The van der Waals surface area contributed by atoms with E-state index in [0.717, 1.165) is 0 Å². The predicted molar refractivity (Wildman–Crippen MR) is 49.6 cm³/mol. The van der Waals surface area contributed by atoms with Crippen molar-refractivity contribution in [2.24, 2.45) is 4.99 Å². The molecule has 0 bridgehead atoms. The number of hydrogen-bond donors (Lipinski definition) is 2. The maximum atomic E-state index is 10.5. The van der Waals surface area contributed by atoms with E-state index in [1.165, 1.54) is 0 Å². The quantitative estimate of drug-likeness (QED) is 0.472. The highest BCUT2D eigenvalue weighted by atomic mass is 32.1. The molecule has 0 fully saturated rings. The summed E-state index contributed by atoms with van der Waals surface area (Å²) in [6, 6.07) is -0.526. The number of thiocarbonyl (C=S) groups is 1. The van der Waals surface area contributed by atoms with Gasteiger partial charge in [-0.25, -0.2) is 4.99 Å². The molecule has 0 amide bonds. The number of nitrogens with one attached hydrogen (secondary N) is 1. The summed E-state index contributed by atoms with van der Waals surface area (Å²) in [5, 5.41) is 13.7. The Kier molecular flexibility index (Phi) is 6.47. The molecule has 0 radical (unpaired) electrons. The Labute approximate surface area is 76.7 Å². The normalized spacial score (nSPS) is 11.8. The number of likely N-dealkylation sites (N-methyl/N-ethyl adjacent to an activating group) is 1. The maximum Gasteiger partial charge on any atom is 0.320 e. The van der Waals surface area contributed by atoms with Crippen molar-refractivity contribution >= 4 is 23.3 Å². The molecule has 0 aromatic rings. The fraction of sp³-hybridized carbons (Fsp3) is 0.714. The number of isothiocyanates is 1. The molecule has 2 N–H and O–H groups in total. The van der Waals surface area contributed by atoms with Crippen molar-refractivity contribution in [1.29, 1.82) is 0 Å². The molecular formula is C7H12N2O2S. The molecular weight excluding hydrogens is 176 g/mol. The molecule has 0 aromatic heterocycles. The number of aliphatic imine (C=N–C) groups is 1. The van der Waals surface area contributed by atoms with E-state index in [2.05, 4.69) is 27.7 Å². The van der Waals surface area contributed by atoms with Crippen LogP contribution in [0, 0.1) is 0 Å². The zero-order valence-electron chi connectivity index (χ0n) is 6.91. The molecule has 0 aromatic carbocycles. The van der Waals surface area contributed by atoms with Gasteiger partial charge in [0, 0.05) is 0 Å². The minimum absolute atomic E-state index is 0.410. The Morgan fingerprint density at radius 2 is 2.50 bits per heavy atom. The van der Waals surface area contributed by atoms with Gasteiger partial charge < -0.3 is 10.4 Å². The lowest BCUT2D eigenvalue weighted by atomic mass is 10.2. The maximum absolute atomic E-state index is 10.5. The first-order valence-electron chi connectivity index (χ1n) is 3.72. The van der Waals surface area contributed by atoms with Crippen molar-refractivity contribution in [2.45, 2.75) is 19.4 Å². The van der Waals surface area contributed by atoms with Gasteiger partial charge >= 0.3 is 5.97 Å². The molecule has 0 rings (SSSR count). The first-order chi connectivity index (χ1) is 5.72. The molecule has 0 heterocycles. The van der Waals surface area contributed by atoms with Crippen LogP contribution >= 0.6 is 12.2 Å². The lowest BCUT2D eigenvalue weighted by Crippen LogP contribution is -2.36. The number of carbonyl (C=O) groups is 1. The minimum atomic E-state index is -0.851. The van der Waals surface area contributed by atoms with Crippen LogP contribution in [0.2, 0.25) is 0 Å². The smallest absolute Gasteiger partial charge is 0.320 e.